The van der Waals surface area contributed by atoms with Gasteiger partial charge in [-0.3, -0.25) is 0 Å². The van der Waals surface area contributed by atoms with Gasteiger partial charge < -0.3 is 5.73 Å². The van der Waals surface area contributed by atoms with Crippen LogP contribution in [-0.4, -0.2) is 30.8 Å². The predicted octanol–water partition coefficient (Wildman–Crippen LogP) is 1.43. The van der Waals surface area contributed by atoms with Crippen LogP contribution >= 0.6 is 23.6 Å². The lowest BCUT2D eigenvalue weighted by atomic mass is 10.5. The van der Waals surface area contributed by atoms with Gasteiger partial charge in [-0.05, 0) is 17.9 Å². The van der Waals surface area contributed by atoms with Gasteiger partial charge in [0.05, 0.1) is 11.5 Å². The van der Waals surface area contributed by atoms with Crippen molar-refractivity contribution in [1.29, 1.82) is 0 Å². The Balaban J connectivity index is 2.97. The normalized spacial score (nSPS) is 11.9. The van der Waals surface area contributed by atoms with Crippen molar-refractivity contribution >= 4 is 38.6 Å². The molecule has 1 rings (SSSR count). The van der Waals surface area contributed by atoms with E-state index in [-0.39, 0.29) is 11.5 Å². The molecule has 0 aromatic carbocycles. The van der Waals surface area contributed by atoms with Crippen LogP contribution in [0.25, 0.3) is 0 Å². The molecule has 0 aliphatic rings. The second-order valence-electron chi connectivity index (χ2n) is 3.24. The number of rotatable bonds is 6. The first-order chi connectivity index (χ1) is 7.48. The van der Waals surface area contributed by atoms with Gasteiger partial charge in [-0.2, -0.15) is 4.31 Å². The van der Waals surface area contributed by atoms with Gasteiger partial charge in [0.2, 0.25) is 0 Å². The highest BCUT2D eigenvalue weighted by Crippen LogP contribution is 2.20. The first-order valence-corrected chi connectivity index (χ1v) is 7.53. The van der Waals surface area contributed by atoms with Gasteiger partial charge in [-0.25, -0.2) is 8.42 Å². The fourth-order valence-electron chi connectivity index (χ4n) is 1.24. The van der Waals surface area contributed by atoms with Gasteiger partial charge >= 0.3 is 0 Å². The minimum Gasteiger partial charge on any atom is -0.392 e. The highest BCUT2D eigenvalue weighted by atomic mass is 32.2. The van der Waals surface area contributed by atoms with Gasteiger partial charge in [0, 0.05) is 6.54 Å². The summed E-state index contributed by atoms with van der Waals surface area (Å²) in [6, 6.07) is 3.30. The zero-order valence-electron chi connectivity index (χ0n) is 8.92. The lowest BCUT2D eigenvalue weighted by Crippen LogP contribution is -2.37. The van der Waals surface area contributed by atoms with Crippen LogP contribution in [0, 0.1) is 0 Å². The number of thiocarbonyl (C=S) groups is 1. The molecule has 0 amide bonds. The molecule has 0 atom stereocenters. The summed E-state index contributed by atoms with van der Waals surface area (Å²) in [7, 11) is -3.43. The topological polar surface area (TPSA) is 63.4 Å². The van der Waals surface area contributed by atoms with Crippen LogP contribution in [0.15, 0.2) is 21.7 Å². The first-order valence-electron chi connectivity index (χ1n) is 4.80. The summed E-state index contributed by atoms with van der Waals surface area (Å²) < 4.78 is 25.9. The maximum atomic E-state index is 12.1. The number of nitrogens with two attached hydrogens (primary N) is 1. The average Bonchev–Trinajstić information content (AvgIpc) is 2.69. The Labute approximate surface area is 105 Å². The Kier molecular flexibility index (Phi) is 4.85. The van der Waals surface area contributed by atoms with E-state index in [1.165, 1.54) is 15.6 Å². The molecule has 1 heterocycles. The summed E-state index contributed by atoms with van der Waals surface area (Å²) in [6.07, 6.45) is 0.729. The molecule has 0 radical (unpaired) electrons. The van der Waals surface area contributed by atoms with Crippen molar-refractivity contribution in [2.45, 2.75) is 17.6 Å². The second kappa shape index (κ2) is 5.72. The van der Waals surface area contributed by atoms with E-state index in [1.807, 2.05) is 6.92 Å². The Hall–Kier alpha value is -0.500. The predicted molar refractivity (Wildman–Crippen MR) is 70.2 cm³/mol. The smallest absolute Gasteiger partial charge is 0.252 e. The quantitative estimate of drug-likeness (QED) is 0.800. The Bertz CT molecular complexity index is 439. The summed E-state index contributed by atoms with van der Waals surface area (Å²) in [6.45, 7) is 2.44. The number of hydrogen-bond donors (Lipinski definition) is 1. The fourth-order valence-corrected chi connectivity index (χ4v) is 4.14. The third-order valence-corrected chi connectivity index (χ3v) is 5.24. The molecule has 16 heavy (non-hydrogen) atoms. The van der Waals surface area contributed by atoms with Crippen LogP contribution in [-0.2, 0) is 10.0 Å². The maximum absolute atomic E-state index is 12.1. The summed E-state index contributed by atoms with van der Waals surface area (Å²) >= 11 is 5.96. The Morgan fingerprint density at radius 2 is 2.31 bits per heavy atom. The van der Waals surface area contributed by atoms with E-state index in [2.05, 4.69) is 0 Å². The molecule has 4 nitrogen and oxygen atoms in total. The van der Waals surface area contributed by atoms with E-state index in [1.54, 1.807) is 17.5 Å². The van der Waals surface area contributed by atoms with E-state index in [9.17, 15) is 8.42 Å². The van der Waals surface area contributed by atoms with E-state index < -0.39 is 10.0 Å². The monoisotopic (exact) mass is 278 g/mol. The van der Waals surface area contributed by atoms with Crippen molar-refractivity contribution in [3.63, 3.8) is 0 Å². The highest BCUT2D eigenvalue weighted by molar-refractivity contribution is 7.91. The van der Waals surface area contributed by atoms with Gasteiger partial charge in [0.15, 0.2) is 0 Å². The van der Waals surface area contributed by atoms with Gasteiger partial charge in [-0.15, -0.1) is 11.3 Å². The lowest BCUT2D eigenvalue weighted by Gasteiger charge is -2.19. The third-order valence-electron chi connectivity index (χ3n) is 1.89. The molecule has 1 aromatic rings. The molecular formula is C9H14N2O2S3. The minimum absolute atomic E-state index is 0.101. The Morgan fingerprint density at radius 3 is 2.75 bits per heavy atom. The number of hydrogen-bond acceptors (Lipinski definition) is 4. The van der Waals surface area contributed by atoms with Crippen molar-refractivity contribution in [3.05, 3.63) is 17.5 Å². The van der Waals surface area contributed by atoms with Crippen LogP contribution in [0.5, 0.6) is 0 Å². The van der Waals surface area contributed by atoms with E-state index in [0.717, 1.165) is 6.42 Å². The van der Waals surface area contributed by atoms with Crippen LogP contribution in [0.3, 0.4) is 0 Å². The molecule has 0 aliphatic carbocycles. The highest BCUT2D eigenvalue weighted by Gasteiger charge is 2.24. The molecule has 0 spiro atoms. The van der Waals surface area contributed by atoms with Crippen LogP contribution < -0.4 is 5.73 Å². The Morgan fingerprint density at radius 1 is 1.62 bits per heavy atom. The molecule has 0 aliphatic heterocycles. The van der Waals surface area contributed by atoms with Gasteiger partial charge in [0.1, 0.15) is 4.21 Å². The van der Waals surface area contributed by atoms with Crippen molar-refractivity contribution in [2.24, 2.45) is 5.73 Å². The molecular weight excluding hydrogens is 264 g/mol. The van der Waals surface area contributed by atoms with Crippen molar-refractivity contribution in [3.8, 4) is 0 Å². The number of thiophene rings is 1. The molecule has 1 aromatic heterocycles. The third kappa shape index (κ3) is 3.24. The summed E-state index contributed by atoms with van der Waals surface area (Å²) in [5.41, 5.74) is 5.40. The fraction of sp³-hybridized carbons (Fsp3) is 0.444. The first kappa shape index (κ1) is 13.6. The number of nitrogens with zero attached hydrogens (tertiary/aromatic N) is 1. The summed E-state index contributed by atoms with van der Waals surface area (Å²) in [5, 5.41) is 1.73. The SMILES string of the molecule is CCCN(CC(N)=S)S(=O)(=O)c1cccs1. The van der Waals surface area contributed by atoms with Gasteiger partial charge in [-0.1, -0.05) is 25.2 Å². The summed E-state index contributed by atoms with van der Waals surface area (Å²) in [4.78, 5) is 0.189. The standard InChI is InChI=1S/C9H14N2O2S3/c1-2-5-11(7-8(10)14)16(12,13)9-4-3-6-15-9/h3-4,6H,2,5,7H2,1H3,(H2,10,14). The minimum atomic E-state index is -3.43. The van der Waals surface area contributed by atoms with Crippen LogP contribution in [0.1, 0.15) is 13.3 Å². The molecule has 90 valence electrons. The van der Waals surface area contributed by atoms with E-state index in [4.69, 9.17) is 18.0 Å². The zero-order chi connectivity index (χ0) is 12.2. The second-order valence-corrected chi connectivity index (χ2v) is 6.87. The largest absolute Gasteiger partial charge is 0.392 e. The number of sulfonamides is 1. The van der Waals surface area contributed by atoms with Crippen LogP contribution in [0.4, 0.5) is 0 Å². The molecule has 0 saturated carbocycles. The van der Waals surface area contributed by atoms with Crippen molar-refractivity contribution in [1.82, 2.24) is 4.31 Å². The van der Waals surface area contributed by atoms with Crippen molar-refractivity contribution < 1.29 is 8.42 Å². The maximum Gasteiger partial charge on any atom is 0.252 e. The zero-order valence-corrected chi connectivity index (χ0v) is 11.4. The molecule has 0 fully saturated rings. The molecule has 0 saturated heterocycles. The molecule has 0 bridgehead atoms. The van der Waals surface area contributed by atoms with E-state index in [0.29, 0.717) is 10.8 Å². The van der Waals surface area contributed by atoms with E-state index >= 15 is 0 Å². The molecule has 0 unspecified atom stereocenters. The summed E-state index contributed by atoms with van der Waals surface area (Å²) in [5.74, 6) is 0. The average molecular weight is 278 g/mol. The van der Waals surface area contributed by atoms with Gasteiger partial charge in [0.25, 0.3) is 10.0 Å². The molecule has 7 heteroatoms. The van der Waals surface area contributed by atoms with Crippen LogP contribution in [0.2, 0.25) is 0 Å². The molecule has 2 N–H and O–H groups in total. The van der Waals surface area contributed by atoms with Crippen molar-refractivity contribution in [2.75, 3.05) is 13.1 Å². The lowest BCUT2D eigenvalue weighted by molar-refractivity contribution is 0.451.